The fourth-order valence-corrected chi connectivity index (χ4v) is 1.47. The van der Waals surface area contributed by atoms with Crippen LogP contribution in [0.5, 0.6) is 0 Å². The molecular weight excluding hydrogens is 185 g/mol. The topological polar surface area (TPSA) is 38.3 Å². The largest absolute Gasteiger partial charge is 0.444 e. The number of ether oxygens (including phenoxy) is 1. The number of amides is 1. The van der Waals surface area contributed by atoms with Gasteiger partial charge in [0.25, 0.3) is 0 Å². The Hall–Kier alpha value is -1.58. The number of benzene rings is 1. The molecule has 0 spiro atoms. The molecule has 0 radical (unpaired) electrons. The summed E-state index contributed by atoms with van der Waals surface area (Å²) in [6.07, 6.45) is -0.0213. The Morgan fingerprint density at radius 1 is 1.57 bits per heavy atom. The van der Waals surface area contributed by atoms with Crippen molar-refractivity contribution in [1.82, 2.24) is 5.32 Å². The van der Waals surface area contributed by atoms with Crippen LogP contribution in [-0.2, 0) is 11.2 Å². The van der Waals surface area contributed by atoms with Crippen molar-refractivity contribution in [3.8, 4) is 0 Å². The highest BCUT2D eigenvalue weighted by atomic mass is 19.1. The second kappa shape index (κ2) is 3.65. The van der Waals surface area contributed by atoms with Gasteiger partial charge < -0.3 is 10.1 Å². The number of rotatable bonds is 2. The van der Waals surface area contributed by atoms with E-state index in [4.69, 9.17) is 4.74 Å². The average molecular weight is 195 g/mol. The molecular formula is C10H10FNO2. The monoisotopic (exact) mass is 195 g/mol. The first-order valence-corrected chi connectivity index (χ1v) is 4.43. The summed E-state index contributed by atoms with van der Waals surface area (Å²) in [6.45, 7) is 0.495. The van der Waals surface area contributed by atoms with E-state index in [2.05, 4.69) is 5.32 Å². The molecule has 0 unspecified atom stereocenters. The second-order valence-corrected chi connectivity index (χ2v) is 3.24. The first-order valence-electron chi connectivity index (χ1n) is 4.43. The molecule has 74 valence electrons. The lowest BCUT2D eigenvalue weighted by molar-refractivity contribution is 0.140. The van der Waals surface area contributed by atoms with Gasteiger partial charge >= 0.3 is 6.09 Å². The Labute approximate surface area is 80.9 Å². The van der Waals surface area contributed by atoms with Crippen molar-refractivity contribution in [2.75, 3.05) is 6.54 Å². The molecule has 0 aliphatic carbocycles. The first-order chi connectivity index (χ1) is 6.74. The van der Waals surface area contributed by atoms with Gasteiger partial charge in [-0.05, 0) is 17.7 Å². The predicted molar refractivity (Wildman–Crippen MR) is 48.4 cm³/mol. The van der Waals surface area contributed by atoms with E-state index in [0.717, 1.165) is 5.56 Å². The summed E-state index contributed by atoms with van der Waals surface area (Å²) in [5.41, 5.74) is 0.839. The van der Waals surface area contributed by atoms with E-state index in [-0.39, 0.29) is 11.9 Å². The van der Waals surface area contributed by atoms with E-state index in [1.165, 1.54) is 12.1 Å². The smallest absolute Gasteiger partial charge is 0.407 e. The zero-order valence-corrected chi connectivity index (χ0v) is 7.50. The summed E-state index contributed by atoms with van der Waals surface area (Å²) in [4.78, 5) is 10.7. The normalized spacial score (nSPS) is 20.4. The lowest BCUT2D eigenvalue weighted by Gasteiger charge is -2.06. The number of halogens is 1. The molecule has 14 heavy (non-hydrogen) atoms. The fourth-order valence-electron chi connectivity index (χ4n) is 1.47. The third-order valence-corrected chi connectivity index (χ3v) is 2.10. The highest BCUT2D eigenvalue weighted by molar-refractivity contribution is 5.69. The third kappa shape index (κ3) is 2.02. The fraction of sp³-hybridized carbons (Fsp3) is 0.300. The van der Waals surface area contributed by atoms with Gasteiger partial charge in [-0.15, -0.1) is 0 Å². The van der Waals surface area contributed by atoms with Crippen molar-refractivity contribution in [3.63, 3.8) is 0 Å². The Bertz CT molecular complexity index is 354. The van der Waals surface area contributed by atoms with Crippen molar-refractivity contribution < 1.29 is 13.9 Å². The molecule has 2 rings (SSSR count). The maximum Gasteiger partial charge on any atom is 0.407 e. The van der Waals surface area contributed by atoms with Crippen LogP contribution in [0.25, 0.3) is 0 Å². The maximum absolute atomic E-state index is 12.8. The van der Waals surface area contributed by atoms with Crippen LogP contribution >= 0.6 is 0 Å². The summed E-state index contributed by atoms with van der Waals surface area (Å²) in [6, 6.07) is 6.30. The Kier molecular flexibility index (Phi) is 2.35. The first kappa shape index (κ1) is 8.99. The van der Waals surface area contributed by atoms with E-state index < -0.39 is 6.09 Å². The summed E-state index contributed by atoms with van der Waals surface area (Å²) >= 11 is 0. The third-order valence-electron chi connectivity index (χ3n) is 2.10. The van der Waals surface area contributed by atoms with Crippen molar-refractivity contribution >= 4 is 6.09 Å². The van der Waals surface area contributed by atoms with Crippen molar-refractivity contribution in [2.24, 2.45) is 0 Å². The van der Waals surface area contributed by atoms with Crippen molar-refractivity contribution in [2.45, 2.75) is 12.5 Å². The molecule has 1 amide bonds. The Morgan fingerprint density at radius 2 is 2.43 bits per heavy atom. The van der Waals surface area contributed by atoms with Crippen LogP contribution in [0.1, 0.15) is 5.56 Å². The molecule has 1 atom stereocenters. The van der Waals surface area contributed by atoms with Crippen LogP contribution in [0.3, 0.4) is 0 Å². The molecule has 1 N–H and O–H groups in total. The molecule has 1 aliphatic rings. The Balaban J connectivity index is 2.00. The minimum Gasteiger partial charge on any atom is -0.444 e. The minimum absolute atomic E-state index is 0.177. The molecule has 1 aliphatic heterocycles. The number of cyclic esters (lactones) is 1. The zero-order chi connectivity index (χ0) is 9.97. The summed E-state index contributed by atoms with van der Waals surface area (Å²) in [7, 11) is 0. The average Bonchev–Trinajstić information content (AvgIpc) is 2.51. The number of carbonyl (C=O) groups is 1. The molecule has 1 heterocycles. The number of nitrogens with one attached hydrogen (secondary N) is 1. The molecule has 1 saturated heterocycles. The van der Waals surface area contributed by atoms with Gasteiger partial charge in [0, 0.05) is 6.42 Å². The number of carbonyl (C=O) groups excluding carboxylic acids is 1. The Morgan fingerprint density at radius 3 is 3.07 bits per heavy atom. The molecule has 1 fully saturated rings. The molecule has 1 aromatic rings. The van der Waals surface area contributed by atoms with Gasteiger partial charge in [-0.1, -0.05) is 12.1 Å². The van der Waals surface area contributed by atoms with Crippen LogP contribution < -0.4 is 5.32 Å². The van der Waals surface area contributed by atoms with Gasteiger partial charge in [0.2, 0.25) is 0 Å². The summed E-state index contributed by atoms with van der Waals surface area (Å²) < 4.78 is 17.7. The predicted octanol–water partition coefficient (Wildman–Crippen LogP) is 1.48. The van der Waals surface area contributed by atoms with Crippen LogP contribution in [0.4, 0.5) is 9.18 Å². The molecule has 3 nitrogen and oxygen atoms in total. The van der Waals surface area contributed by atoms with E-state index >= 15 is 0 Å². The van der Waals surface area contributed by atoms with Gasteiger partial charge in [0.1, 0.15) is 11.9 Å². The maximum atomic E-state index is 12.8. The van der Waals surface area contributed by atoms with Gasteiger partial charge in [0.05, 0.1) is 6.54 Å². The highest BCUT2D eigenvalue weighted by Crippen LogP contribution is 2.10. The highest BCUT2D eigenvalue weighted by Gasteiger charge is 2.22. The van der Waals surface area contributed by atoms with Gasteiger partial charge in [0.15, 0.2) is 0 Å². The summed E-state index contributed by atoms with van der Waals surface area (Å²) in [5, 5.41) is 2.55. The van der Waals surface area contributed by atoms with Crippen LogP contribution in [0.2, 0.25) is 0 Å². The standard InChI is InChI=1S/C10H10FNO2/c11-8-3-1-2-7(4-8)5-9-6-12-10(13)14-9/h1-4,9H,5-6H2,(H,12,13)/t9-/m0/s1. The summed E-state index contributed by atoms with van der Waals surface area (Å²) in [5.74, 6) is -0.264. The van der Waals surface area contributed by atoms with Gasteiger partial charge in [-0.3, -0.25) is 0 Å². The zero-order valence-electron chi connectivity index (χ0n) is 7.50. The van der Waals surface area contributed by atoms with Gasteiger partial charge in [-0.2, -0.15) is 0 Å². The quantitative estimate of drug-likeness (QED) is 0.776. The van der Waals surface area contributed by atoms with Crippen molar-refractivity contribution in [3.05, 3.63) is 35.6 Å². The van der Waals surface area contributed by atoms with Crippen LogP contribution in [0.15, 0.2) is 24.3 Å². The lowest BCUT2D eigenvalue weighted by atomic mass is 10.1. The van der Waals surface area contributed by atoms with E-state index in [9.17, 15) is 9.18 Å². The molecule has 1 aromatic carbocycles. The van der Waals surface area contributed by atoms with E-state index in [1.54, 1.807) is 6.07 Å². The number of alkyl carbamates (subject to hydrolysis) is 1. The molecule has 4 heteroatoms. The number of hydrogen-bond acceptors (Lipinski definition) is 2. The van der Waals surface area contributed by atoms with Crippen molar-refractivity contribution in [1.29, 1.82) is 0 Å². The molecule has 0 bridgehead atoms. The van der Waals surface area contributed by atoms with Crippen LogP contribution in [-0.4, -0.2) is 18.7 Å². The molecule has 0 saturated carbocycles. The lowest BCUT2D eigenvalue weighted by Crippen LogP contribution is -2.16. The molecule has 0 aromatic heterocycles. The van der Waals surface area contributed by atoms with E-state index in [0.29, 0.717) is 13.0 Å². The minimum atomic E-state index is -0.397. The van der Waals surface area contributed by atoms with Crippen LogP contribution in [0, 0.1) is 5.82 Å². The second-order valence-electron chi connectivity index (χ2n) is 3.24. The van der Waals surface area contributed by atoms with E-state index in [1.807, 2.05) is 6.07 Å². The number of hydrogen-bond donors (Lipinski definition) is 1. The SMILES string of the molecule is O=C1NC[C@H](Cc2cccc(F)c2)O1. The van der Waals surface area contributed by atoms with Gasteiger partial charge in [-0.25, -0.2) is 9.18 Å².